The number of hydrogen-bond acceptors (Lipinski definition) is 6. The summed E-state index contributed by atoms with van der Waals surface area (Å²) in [6.07, 6.45) is 6.39. The number of aromatic nitrogens is 3. The molecule has 28 heavy (non-hydrogen) atoms. The van der Waals surface area contributed by atoms with Gasteiger partial charge in [-0.25, -0.2) is 9.97 Å². The standard InChI is InChI=1S/C21H28N6O/c1-25(2)20-17-8-12-27(21(28)16-5-4-11-26(3)13-16)14-18(17)23-19(24-20)15-6-9-22-10-7-15/h6-7,9-10,16H,4-5,8,11-14H2,1-3H3. The molecule has 1 saturated heterocycles. The lowest BCUT2D eigenvalue weighted by molar-refractivity contribution is -0.138. The highest BCUT2D eigenvalue weighted by molar-refractivity contribution is 5.79. The first-order chi connectivity index (χ1) is 13.5. The monoisotopic (exact) mass is 380 g/mol. The first-order valence-electron chi connectivity index (χ1n) is 9.98. The van der Waals surface area contributed by atoms with Crippen molar-refractivity contribution in [3.8, 4) is 11.4 Å². The molecule has 4 heterocycles. The van der Waals surface area contributed by atoms with Crippen LogP contribution in [0.3, 0.4) is 0 Å². The number of likely N-dealkylation sites (tertiary alicyclic amines) is 1. The van der Waals surface area contributed by atoms with Crippen molar-refractivity contribution in [1.29, 1.82) is 0 Å². The Kier molecular flexibility index (Phi) is 5.26. The summed E-state index contributed by atoms with van der Waals surface area (Å²) in [4.78, 5) is 33.2. The summed E-state index contributed by atoms with van der Waals surface area (Å²) < 4.78 is 0. The SMILES string of the molecule is CN1CCCC(C(=O)N2CCc3c(nc(-c4ccncc4)nc3N(C)C)C2)C1. The van der Waals surface area contributed by atoms with Gasteiger partial charge in [0.15, 0.2) is 5.82 Å². The molecule has 1 atom stereocenters. The average Bonchev–Trinajstić information content (AvgIpc) is 2.72. The van der Waals surface area contributed by atoms with Gasteiger partial charge in [0.2, 0.25) is 5.91 Å². The molecule has 1 unspecified atom stereocenters. The van der Waals surface area contributed by atoms with Crippen LogP contribution in [0.15, 0.2) is 24.5 Å². The van der Waals surface area contributed by atoms with E-state index in [4.69, 9.17) is 9.97 Å². The van der Waals surface area contributed by atoms with E-state index in [0.29, 0.717) is 12.4 Å². The number of nitrogens with zero attached hydrogens (tertiary/aromatic N) is 6. The predicted octanol–water partition coefficient (Wildman–Crippen LogP) is 1.83. The minimum absolute atomic E-state index is 0.107. The van der Waals surface area contributed by atoms with Crippen LogP contribution in [0, 0.1) is 5.92 Å². The summed E-state index contributed by atoms with van der Waals surface area (Å²) >= 11 is 0. The van der Waals surface area contributed by atoms with E-state index in [9.17, 15) is 4.79 Å². The van der Waals surface area contributed by atoms with Gasteiger partial charge in [0.1, 0.15) is 5.82 Å². The van der Waals surface area contributed by atoms with Gasteiger partial charge >= 0.3 is 0 Å². The zero-order chi connectivity index (χ0) is 19.7. The normalized spacial score (nSPS) is 20.0. The minimum Gasteiger partial charge on any atom is -0.362 e. The first kappa shape index (κ1) is 18.8. The van der Waals surface area contributed by atoms with Crippen molar-refractivity contribution in [2.24, 2.45) is 5.92 Å². The van der Waals surface area contributed by atoms with Crippen molar-refractivity contribution >= 4 is 11.7 Å². The zero-order valence-corrected chi connectivity index (χ0v) is 16.9. The van der Waals surface area contributed by atoms with Crippen LogP contribution >= 0.6 is 0 Å². The molecule has 4 rings (SSSR count). The molecule has 2 aromatic rings. The van der Waals surface area contributed by atoms with Crippen molar-refractivity contribution in [1.82, 2.24) is 24.8 Å². The van der Waals surface area contributed by atoms with E-state index in [1.807, 2.05) is 36.0 Å². The van der Waals surface area contributed by atoms with Crippen LogP contribution in [0.2, 0.25) is 0 Å². The predicted molar refractivity (Wildman–Crippen MR) is 109 cm³/mol. The third-order valence-electron chi connectivity index (χ3n) is 5.69. The Bertz CT molecular complexity index is 853. The molecule has 2 aromatic heterocycles. The molecule has 0 radical (unpaired) electrons. The Morgan fingerprint density at radius 2 is 1.96 bits per heavy atom. The number of hydrogen-bond donors (Lipinski definition) is 0. The zero-order valence-electron chi connectivity index (χ0n) is 16.9. The highest BCUT2D eigenvalue weighted by atomic mass is 16.2. The summed E-state index contributed by atoms with van der Waals surface area (Å²) in [5.74, 6) is 2.01. The Morgan fingerprint density at radius 3 is 2.68 bits per heavy atom. The number of amides is 1. The van der Waals surface area contributed by atoms with Gasteiger partial charge < -0.3 is 14.7 Å². The minimum atomic E-state index is 0.107. The lowest BCUT2D eigenvalue weighted by Gasteiger charge is -2.35. The molecule has 0 aliphatic carbocycles. The summed E-state index contributed by atoms with van der Waals surface area (Å²) in [5.41, 5.74) is 3.07. The Labute approximate surface area is 166 Å². The van der Waals surface area contributed by atoms with Crippen LogP contribution in [-0.2, 0) is 17.8 Å². The van der Waals surface area contributed by atoms with E-state index in [1.54, 1.807) is 12.4 Å². The van der Waals surface area contributed by atoms with Crippen LogP contribution in [0.25, 0.3) is 11.4 Å². The van der Waals surface area contributed by atoms with Crippen molar-refractivity contribution in [3.63, 3.8) is 0 Å². The van der Waals surface area contributed by atoms with Crippen LogP contribution in [-0.4, -0.2) is 71.4 Å². The molecule has 2 aliphatic rings. The maximum absolute atomic E-state index is 13.1. The molecule has 0 bridgehead atoms. The number of carbonyl (C=O) groups is 1. The van der Waals surface area contributed by atoms with Crippen LogP contribution in [0.5, 0.6) is 0 Å². The fourth-order valence-electron chi connectivity index (χ4n) is 4.22. The Hall–Kier alpha value is -2.54. The van der Waals surface area contributed by atoms with Crippen LogP contribution in [0.4, 0.5) is 5.82 Å². The highest BCUT2D eigenvalue weighted by Gasteiger charge is 2.32. The topological polar surface area (TPSA) is 65.5 Å². The summed E-state index contributed by atoms with van der Waals surface area (Å²) in [7, 11) is 6.12. The van der Waals surface area contributed by atoms with E-state index in [0.717, 1.165) is 61.5 Å². The number of pyridine rings is 1. The number of piperidine rings is 1. The smallest absolute Gasteiger partial charge is 0.227 e. The van der Waals surface area contributed by atoms with Crippen molar-refractivity contribution in [2.75, 3.05) is 45.7 Å². The molecule has 0 N–H and O–H groups in total. The number of rotatable bonds is 3. The molecule has 2 aliphatic heterocycles. The molecule has 0 aromatic carbocycles. The second kappa shape index (κ2) is 7.83. The second-order valence-electron chi connectivity index (χ2n) is 8.04. The molecule has 7 nitrogen and oxygen atoms in total. The maximum atomic E-state index is 13.1. The summed E-state index contributed by atoms with van der Waals surface area (Å²) in [5, 5.41) is 0. The second-order valence-corrected chi connectivity index (χ2v) is 8.04. The molecular formula is C21H28N6O. The average molecular weight is 380 g/mol. The van der Waals surface area contributed by atoms with Gasteiger partial charge in [0.25, 0.3) is 0 Å². The molecule has 1 fully saturated rings. The van der Waals surface area contributed by atoms with E-state index in [-0.39, 0.29) is 11.8 Å². The Morgan fingerprint density at radius 1 is 1.18 bits per heavy atom. The molecule has 0 spiro atoms. The third-order valence-corrected chi connectivity index (χ3v) is 5.69. The van der Waals surface area contributed by atoms with Crippen molar-refractivity contribution < 1.29 is 4.79 Å². The molecule has 148 valence electrons. The van der Waals surface area contributed by atoms with Gasteiger partial charge in [0, 0.05) is 50.7 Å². The molecule has 0 saturated carbocycles. The largest absolute Gasteiger partial charge is 0.362 e. The van der Waals surface area contributed by atoms with Crippen LogP contribution in [0.1, 0.15) is 24.1 Å². The first-order valence-corrected chi connectivity index (χ1v) is 9.98. The number of carbonyl (C=O) groups excluding carboxylic acids is 1. The Balaban J connectivity index is 1.63. The van der Waals surface area contributed by atoms with E-state index in [1.165, 1.54) is 0 Å². The fraction of sp³-hybridized carbons (Fsp3) is 0.524. The lowest BCUT2D eigenvalue weighted by Crippen LogP contribution is -2.45. The quantitative estimate of drug-likeness (QED) is 0.809. The van der Waals surface area contributed by atoms with Gasteiger partial charge in [-0.2, -0.15) is 0 Å². The lowest BCUT2D eigenvalue weighted by atomic mass is 9.95. The third kappa shape index (κ3) is 3.71. The van der Waals surface area contributed by atoms with Gasteiger partial charge in [-0.05, 0) is 45.0 Å². The number of anilines is 1. The van der Waals surface area contributed by atoms with E-state index < -0.39 is 0 Å². The maximum Gasteiger partial charge on any atom is 0.227 e. The molecule has 7 heteroatoms. The van der Waals surface area contributed by atoms with E-state index in [2.05, 4.69) is 16.9 Å². The molecular weight excluding hydrogens is 352 g/mol. The highest BCUT2D eigenvalue weighted by Crippen LogP contribution is 2.29. The van der Waals surface area contributed by atoms with Gasteiger partial charge in [-0.3, -0.25) is 9.78 Å². The van der Waals surface area contributed by atoms with Gasteiger partial charge in [0.05, 0.1) is 18.2 Å². The van der Waals surface area contributed by atoms with Gasteiger partial charge in [-0.1, -0.05) is 0 Å². The molecule has 1 amide bonds. The number of fused-ring (bicyclic) bond motifs is 1. The van der Waals surface area contributed by atoms with Crippen LogP contribution < -0.4 is 4.90 Å². The summed E-state index contributed by atoms with van der Waals surface area (Å²) in [6, 6.07) is 3.84. The van der Waals surface area contributed by atoms with Crippen molar-refractivity contribution in [3.05, 3.63) is 35.8 Å². The van der Waals surface area contributed by atoms with E-state index >= 15 is 0 Å². The van der Waals surface area contributed by atoms with Gasteiger partial charge in [-0.15, -0.1) is 0 Å². The summed E-state index contributed by atoms with van der Waals surface area (Å²) in [6.45, 7) is 3.25. The van der Waals surface area contributed by atoms with Crippen molar-refractivity contribution in [2.45, 2.75) is 25.8 Å². The fourth-order valence-corrected chi connectivity index (χ4v) is 4.22.